The van der Waals surface area contributed by atoms with Gasteiger partial charge >= 0.3 is 15.2 Å². The van der Waals surface area contributed by atoms with Gasteiger partial charge in [-0.3, -0.25) is 9.13 Å². The van der Waals surface area contributed by atoms with Crippen LogP contribution in [0, 0.1) is 0 Å². The molecule has 0 fully saturated rings. The Kier molecular flexibility index (Phi) is 11.0. The Morgan fingerprint density at radius 1 is 1.23 bits per heavy atom. The second-order valence-corrected chi connectivity index (χ2v) is 11.3. The van der Waals surface area contributed by atoms with E-state index in [1.165, 1.54) is 0 Å². The molecular weight excluding hydrogens is 470 g/mol. The summed E-state index contributed by atoms with van der Waals surface area (Å²) in [5.41, 5.74) is 3.38. The number of aliphatic hydroxyl groups is 1. The monoisotopic (exact) mass is 500 g/mol. The molecule has 31 heavy (non-hydrogen) atoms. The second kappa shape index (κ2) is 12.2. The van der Waals surface area contributed by atoms with E-state index in [1.54, 1.807) is 11.9 Å². The maximum Gasteiger partial charge on any atom is 0.369 e. The number of hydrazine groups is 1. The quantitative estimate of drug-likeness (QED) is 0.0576. The number of nitrogens with two attached hydrogens (primary N) is 1. The fourth-order valence-electron chi connectivity index (χ4n) is 2.60. The predicted molar refractivity (Wildman–Crippen MR) is 119 cm³/mol. The second-order valence-electron chi connectivity index (χ2n) is 6.92. The number of thiocarbonyl (C=S) groups is 1. The van der Waals surface area contributed by atoms with Gasteiger partial charge in [0.15, 0.2) is 5.11 Å². The summed E-state index contributed by atoms with van der Waals surface area (Å²) in [5.74, 6) is 5.86. The first-order chi connectivity index (χ1) is 14.3. The third-order valence-electron chi connectivity index (χ3n) is 4.44. The van der Waals surface area contributed by atoms with E-state index in [-0.39, 0.29) is 6.54 Å². The predicted octanol–water partition coefficient (Wildman–Crippen LogP) is -0.341. The van der Waals surface area contributed by atoms with Crippen molar-refractivity contribution in [1.82, 2.24) is 15.6 Å². The zero-order chi connectivity index (χ0) is 23.7. The van der Waals surface area contributed by atoms with Crippen molar-refractivity contribution in [1.29, 1.82) is 0 Å². The summed E-state index contributed by atoms with van der Waals surface area (Å²) in [7, 11) is -9.27. The van der Waals surface area contributed by atoms with Crippen LogP contribution in [0.25, 0.3) is 0 Å². The average Bonchev–Trinajstić information content (AvgIpc) is 2.67. The van der Waals surface area contributed by atoms with Crippen molar-refractivity contribution in [3.63, 3.8) is 0 Å². The molecule has 1 aromatic rings. The lowest BCUT2D eigenvalue weighted by atomic mass is 10.1. The standard InChI is InChI=1S/C16H30N4O8P2S/c1-20(10-7-16(21,29(22,23)24)30(25,26)27)9-3-11-28-14-5-2-4-13(12-14)6-8-18-15(31)19-17/h2,4-5,12,21H,3,6-11,17H2,1H3,(H2,18,19,31)(H2,22,23,24)(H2,25,26,27). The fraction of sp³-hybridized carbons (Fsp3) is 0.562. The fourth-order valence-corrected chi connectivity index (χ4v) is 4.84. The van der Waals surface area contributed by atoms with Gasteiger partial charge in [-0.25, -0.2) is 5.84 Å². The Balaban J connectivity index is 2.42. The molecule has 0 aliphatic carbocycles. The van der Waals surface area contributed by atoms with Gasteiger partial charge < -0.3 is 45.1 Å². The van der Waals surface area contributed by atoms with E-state index >= 15 is 0 Å². The normalized spacial score (nSPS) is 12.6. The van der Waals surface area contributed by atoms with Gasteiger partial charge in [-0.1, -0.05) is 12.1 Å². The highest BCUT2D eigenvalue weighted by Gasteiger charge is 2.58. The summed E-state index contributed by atoms with van der Waals surface area (Å²) in [6.07, 6.45) is 0.477. The summed E-state index contributed by atoms with van der Waals surface area (Å²) >= 11 is 4.90. The molecule has 9 N–H and O–H groups in total. The van der Waals surface area contributed by atoms with Crippen LogP contribution < -0.4 is 21.3 Å². The Labute approximate surface area is 186 Å². The molecule has 0 radical (unpaired) electrons. The van der Waals surface area contributed by atoms with Crippen LogP contribution in [-0.4, -0.2) is 73.1 Å². The van der Waals surface area contributed by atoms with Crippen molar-refractivity contribution < 1.29 is 38.5 Å². The van der Waals surface area contributed by atoms with Crippen molar-refractivity contribution >= 4 is 32.5 Å². The Morgan fingerprint density at radius 3 is 2.45 bits per heavy atom. The Bertz CT molecular complexity index is 797. The van der Waals surface area contributed by atoms with E-state index in [0.717, 1.165) is 5.56 Å². The van der Waals surface area contributed by atoms with E-state index in [2.05, 4.69) is 10.7 Å². The number of hydrogen-bond donors (Lipinski definition) is 8. The molecule has 0 saturated heterocycles. The molecule has 0 bridgehead atoms. The van der Waals surface area contributed by atoms with Crippen molar-refractivity contribution in [2.75, 3.05) is 33.3 Å². The van der Waals surface area contributed by atoms with Gasteiger partial charge in [-0.15, -0.1) is 0 Å². The molecule has 0 aromatic heterocycles. The van der Waals surface area contributed by atoms with E-state index in [0.29, 0.717) is 43.4 Å². The van der Waals surface area contributed by atoms with Gasteiger partial charge in [0.25, 0.3) is 5.08 Å². The largest absolute Gasteiger partial charge is 0.494 e. The lowest BCUT2D eigenvalue weighted by molar-refractivity contribution is 0.111. The minimum absolute atomic E-state index is 0.130. The minimum atomic E-state index is -5.44. The number of hydrogen-bond acceptors (Lipinski definition) is 7. The summed E-state index contributed by atoms with van der Waals surface area (Å²) in [6, 6.07) is 7.52. The summed E-state index contributed by atoms with van der Waals surface area (Å²) in [5, 5.41) is 9.79. The van der Waals surface area contributed by atoms with Crippen LogP contribution >= 0.6 is 27.4 Å². The third kappa shape index (κ3) is 9.11. The number of benzene rings is 1. The molecule has 0 unspecified atom stereocenters. The Hall–Kier alpha value is -1.11. The molecule has 1 rings (SSSR count). The van der Waals surface area contributed by atoms with Gasteiger partial charge in [-0.05, 0) is 49.8 Å². The molecule has 0 aliphatic rings. The number of nitrogens with one attached hydrogen (secondary N) is 2. The summed E-state index contributed by atoms with van der Waals surface area (Å²) < 4.78 is 28.4. The van der Waals surface area contributed by atoms with Crippen LogP contribution in [0.2, 0.25) is 0 Å². The SMILES string of the molecule is CN(CCCOc1cccc(CCNC(=S)NN)c1)CCC(O)(P(=O)(O)O)P(=O)(O)O. The van der Waals surface area contributed by atoms with Gasteiger partial charge in [0.05, 0.1) is 6.61 Å². The molecule has 0 heterocycles. The first-order valence-corrected chi connectivity index (χ1v) is 12.9. The van der Waals surface area contributed by atoms with Gasteiger partial charge in [0.2, 0.25) is 0 Å². The van der Waals surface area contributed by atoms with Crippen LogP contribution in [0.15, 0.2) is 24.3 Å². The molecule has 12 nitrogen and oxygen atoms in total. The maximum atomic E-state index is 11.4. The molecule has 0 saturated carbocycles. The maximum absolute atomic E-state index is 11.4. The molecular formula is C16H30N4O8P2S. The first-order valence-electron chi connectivity index (χ1n) is 9.28. The smallest absolute Gasteiger partial charge is 0.369 e. The molecule has 178 valence electrons. The number of nitrogens with zero attached hydrogens (tertiary/aromatic N) is 1. The molecule has 0 spiro atoms. The van der Waals surface area contributed by atoms with E-state index in [9.17, 15) is 14.2 Å². The highest BCUT2D eigenvalue weighted by Crippen LogP contribution is 2.68. The van der Waals surface area contributed by atoms with Crippen LogP contribution in [0.4, 0.5) is 0 Å². The molecule has 0 amide bonds. The van der Waals surface area contributed by atoms with Crippen LogP contribution in [0.5, 0.6) is 5.75 Å². The van der Waals surface area contributed by atoms with Crippen molar-refractivity contribution in [2.45, 2.75) is 24.3 Å². The van der Waals surface area contributed by atoms with Crippen molar-refractivity contribution in [2.24, 2.45) is 5.84 Å². The first kappa shape index (κ1) is 27.9. The van der Waals surface area contributed by atoms with Gasteiger partial charge in [0, 0.05) is 26.1 Å². The highest BCUT2D eigenvalue weighted by molar-refractivity contribution is 7.80. The topological polar surface area (TPSA) is 198 Å². The summed E-state index contributed by atoms with van der Waals surface area (Å²) in [4.78, 5) is 38.2. The summed E-state index contributed by atoms with van der Waals surface area (Å²) in [6.45, 7) is 1.25. The zero-order valence-electron chi connectivity index (χ0n) is 17.0. The van der Waals surface area contributed by atoms with Crippen molar-refractivity contribution in [3.05, 3.63) is 29.8 Å². The minimum Gasteiger partial charge on any atom is -0.494 e. The average molecular weight is 500 g/mol. The van der Waals surface area contributed by atoms with Crippen molar-refractivity contribution in [3.8, 4) is 5.75 Å². The zero-order valence-corrected chi connectivity index (χ0v) is 19.7. The molecule has 1 aromatic carbocycles. The van der Waals surface area contributed by atoms with Crippen LogP contribution in [-0.2, 0) is 15.6 Å². The number of rotatable bonds is 13. The van der Waals surface area contributed by atoms with Crippen LogP contribution in [0.1, 0.15) is 18.4 Å². The molecule has 0 atom stereocenters. The molecule has 0 aliphatic heterocycles. The third-order valence-corrected chi connectivity index (χ3v) is 8.58. The van der Waals surface area contributed by atoms with E-state index in [1.807, 2.05) is 24.3 Å². The van der Waals surface area contributed by atoms with Gasteiger partial charge in [0.1, 0.15) is 5.75 Å². The Morgan fingerprint density at radius 2 is 1.87 bits per heavy atom. The van der Waals surface area contributed by atoms with Gasteiger partial charge in [-0.2, -0.15) is 0 Å². The van der Waals surface area contributed by atoms with E-state index < -0.39 is 26.7 Å². The highest BCUT2D eigenvalue weighted by atomic mass is 32.1. The number of ether oxygens (including phenoxy) is 1. The van der Waals surface area contributed by atoms with Crippen LogP contribution in [0.3, 0.4) is 0 Å². The molecule has 15 heteroatoms. The lowest BCUT2D eigenvalue weighted by Crippen LogP contribution is -2.40. The lowest BCUT2D eigenvalue weighted by Gasteiger charge is -2.30. The van der Waals surface area contributed by atoms with E-state index in [4.69, 9.17) is 42.4 Å².